The molecule has 1 amide bonds. The second-order valence-corrected chi connectivity index (χ2v) is 11.4. The molecule has 4 aromatic rings. The summed E-state index contributed by atoms with van der Waals surface area (Å²) in [5, 5.41) is 10.3. The maximum Gasteiger partial charge on any atom is 0.401 e. The molecule has 0 radical (unpaired) electrons. The highest BCUT2D eigenvalue weighted by atomic mass is 19.4. The molecule has 210 valence electrons. The zero-order chi connectivity index (χ0) is 28.7. The monoisotopic (exact) mass is 556 g/mol. The van der Waals surface area contributed by atoms with Gasteiger partial charge < -0.3 is 9.84 Å². The van der Waals surface area contributed by atoms with Gasteiger partial charge in [-0.1, -0.05) is 38.1 Å². The van der Waals surface area contributed by atoms with Gasteiger partial charge in [-0.3, -0.25) is 9.48 Å². The summed E-state index contributed by atoms with van der Waals surface area (Å²) >= 11 is 0. The highest BCUT2D eigenvalue weighted by Crippen LogP contribution is 2.59. The van der Waals surface area contributed by atoms with Crippen LogP contribution in [0.4, 0.5) is 23.4 Å². The van der Waals surface area contributed by atoms with Gasteiger partial charge in [0.05, 0.1) is 12.6 Å². The van der Waals surface area contributed by atoms with Crippen LogP contribution in [0.15, 0.2) is 53.6 Å². The number of carbonyl (C=O) groups is 1. The molecule has 0 saturated heterocycles. The summed E-state index contributed by atoms with van der Waals surface area (Å²) in [7, 11) is 0. The van der Waals surface area contributed by atoms with Crippen molar-refractivity contribution in [1.82, 2.24) is 24.9 Å². The quantitative estimate of drug-likeness (QED) is 0.272. The van der Waals surface area contributed by atoms with Crippen LogP contribution in [0, 0.1) is 11.2 Å². The van der Waals surface area contributed by atoms with Crippen molar-refractivity contribution in [3.05, 3.63) is 77.6 Å². The van der Waals surface area contributed by atoms with Gasteiger partial charge in [0, 0.05) is 43.2 Å². The molecule has 0 spiro atoms. The fourth-order valence-corrected chi connectivity index (χ4v) is 4.43. The minimum atomic E-state index is -4.46. The number of hydrogen-bond donors (Lipinski definition) is 1. The molecule has 0 atom stereocenters. The molecule has 1 N–H and O–H groups in total. The molecule has 5 rings (SSSR count). The molecular formula is C28H28F4N6O2. The van der Waals surface area contributed by atoms with Gasteiger partial charge in [-0.25, -0.2) is 14.4 Å². The molecule has 3 heterocycles. The Hall–Kier alpha value is -4.09. The first-order valence-electron chi connectivity index (χ1n) is 12.8. The van der Waals surface area contributed by atoms with Gasteiger partial charge in [0.1, 0.15) is 17.1 Å². The zero-order valence-corrected chi connectivity index (χ0v) is 22.2. The van der Waals surface area contributed by atoms with E-state index in [9.17, 15) is 22.4 Å². The van der Waals surface area contributed by atoms with Gasteiger partial charge in [-0.05, 0) is 41.0 Å². The van der Waals surface area contributed by atoms with Crippen molar-refractivity contribution in [3.63, 3.8) is 0 Å². The van der Waals surface area contributed by atoms with Gasteiger partial charge in [-0.2, -0.15) is 18.3 Å². The van der Waals surface area contributed by atoms with Gasteiger partial charge in [0.25, 0.3) is 0 Å². The van der Waals surface area contributed by atoms with E-state index in [2.05, 4.69) is 46.3 Å². The summed E-state index contributed by atoms with van der Waals surface area (Å²) in [5.74, 6) is -1.13. The van der Waals surface area contributed by atoms with E-state index < -0.39 is 23.3 Å². The number of benzene rings is 1. The third-order valence-corrected chi connectivity index (χ3v) is 6.67. The van der Waals surface area contributed by atoms with Crippen LogP contribution in [-0.2, 0) is 29.6 Å². The standard InChI is InChI=1S/C28H28F4N6O2/c1-26(2,3)16-38-15-17(12-35-38)8-23-33-13-20(14-34-23)18-4-5-19(21(29)9-18)10-25(39)36-24-11-22(40-37-24)27(6-7-27)28(30,31)32/h4-5,9,11-15H,6-8,10,16H2,1-3H3,(H,36,37,39). The molecule has 1 aliphatic carbocycles. The molecule has 1 fully saturated rings. The van der Waals surface area contributed by atoms with Crippen LogP contribution >= 0.6 is 0 Å². The SMILES string of the molecule is CC(C)(C)Cn1cc(Cc2ncc(-c3ccc(CC(=O)Nc4cc(C5(C(F)(F)F)CC5)on4)c(F)c3)cn2)cn1. The molecule has 40 heavy (non-hydrogen) atoms. The van der Waals surface area contributed by atoms with E-state index in [0.717, 1.165) is 18.2 Å². The number of nitrogens with zero attached hydrogens (tertiary/aromatic N) is 5. The second kappa shape index (κ2) is 10.1. The number of anilines is 1. The Balaban J connectivity index is 1.19. The lowest BCUT2D eigenvalue weighted by Gasteiger charge is -2.17. The van der Waals surface area contributed by atoms with Crippen molar-refractivity contribution in [2.24, 2.45) is 5.41 Å². The van der Waals surface area contributed by atoms with Crippen molar-refractivity contribution in [2.45, 2.75) is 64.6 Å². The maximum atomic E-state index is 14.8. The number of rotatable bonds is 8. The predicted octanol–water partition coefficient (Wildman–Crippen LogP) is 5.88. The van der Waals surface area contributed by atoms with E-state index in [0.29, 0.717) is 23.4 Å². The van der Waals surface area contributed by atoms with Gasteiger partial charge in [-0.15, -0.1) is 0 Å². The number of amides is 1. The van der Waals surface area contributed by atoms with Crippen LogP contribution in [0.3, 0.4) is 0 Å². The second-order valence-electron chi connectivity index (χ2n) is 11.4. The number of nitrogens with one attached hydrogen (secondary N) is 1. The van der Waals surface area contributed by atoms with Crippen LogP contribution < -0.4 is 5.32 Å². The van der Waals surface area contributed by atoms with E-state index in [4.69, 9.17) is 4.52 Å². The number of alkyl halides is 3. The summed E-state index contributed by atoms with van der Waals surface area (Å²) in [6, 6.07) is 5.47. The Labute approximate surface area is 227 Å². The van der Waals surface area contributed by atoms with Gasteiger partial charge in [0.15, 0.2) is 11.6 Å². The highest BCUT2D eigenvalue weighted by molar-refractivity contribution is 5.91. The van der Waals surface area contributed by atoms with Crippen LogP contribution in [0.2, 0.25) is 0 Å². The van der Waals surface area contributed by atoms with E-state index in [1.54, 1.807) is 24.7 Å². The van der Waals surface area contributed by atoms with Gasteiger partial charge in [0.2, 0.25) is 5.91 Å². The van der Waals surface area contributed by atoms with Crippen LogP contribution in [0.5, 0.6) is 0 Å². The Kier molecular flexibility index (Phi) is 6.97. The lowest BCUT2D eigenvalue weighted by Crippen LogP contribution is -2.28. The minimum absolute atomic E-state index is 0.0896. The Morgan fingerprint density at radius 2 is 1.80 bits per heavy atom. The van der Waals surface area contributed by atoms with Gasteiger partial charge >= 0.3 is 6.18 Å². The highest BCUT2D eigenvalue weighted by Gasteiger charge is 2.66. The third kappa shape index (κ3) is 6.05. The van der Waals surface area contributed by atoms with Crippen molar-refractivity contribution in [2.75, 3.05) is 5.32 Å². The summed E-state index contributed by atoms with van der Waals surface area (Å²) in [6.07, 6.45) is 2.52. The topological polar surface area (TPSA) is 98.7 Å². The molecule has 0 unspecified atom stereocenters. The van der Waals surface area contributed by atoms with E-state index >= 15 is 0 Å². The average Bonchev–Trinajstić information content (AvgIpc) is 3.39. The molecule has 1 aliphatic rings. The molecule has 0 aliphatic heterocycles. The average molecular weight is 557 g/mol. The lowest BCUT2D eigenvalue weighted by atomic mass is 9.97. The minimum Gasteiger partial charge on any atom is -0.358 e. The Bertz CT molecular complexity index is 1510. The van der Waals surface area contributed by atoms with Crippen LogP contribution in [0.25, 0.3) is 11.1 Å². The summed E-state index contributed by atoms with van der Waals surface area (Å²) in [5.41, 5.74) is 0.312. The third-order valence-electron chi connectivity index (χ3n) is 6.67. The van der Waals surface area contributed by atoms with Crippen molar-refractivity contribution in [1.29, 1.82) is 0 Å². The molecule has 12 heteroatoms. The lowest BCUT2D eigenvalue weighted by molar-refractivity contribution is -0.165. The zero-order valence-electron chi connectivity index (χ0n) is 22.2. The van der Waals surface area contributed by atoms with Crippen molar-refractivity contribution in [3.8, 4) is 11.1 Å². The smallest absolute Gasteiger partial charge is 0.358 e. The van der Waals surface area contributed by atoms with Crippen molar-refractivity contribution < 1.29 is 26.9 Å². The van der Waals surface area contributed by atoms with E-state index in [1.807, 2.05) is 10.9 Å². The summed E-state index contributed by atoms with van der Waals surface area (Å²) in [4.78, 5) is 21.2. The first-order chi connectivity index (χ1) is 18.8. The number of carbonyl (C=O) groups excluding carboxylic acids is 1. The first-order valence-corrected chi connectivity index (χ1v) is 12.8. The Morgan fingerprint density at radius 1 is 1.07 bits per heavy atom. The Morgan fingerprint density at radius 3 is 2.42 bits per heavy atom. The van der Waals surface area contributed by atoms with Crippen LogP contribution in [0.1, 0.15) is 56.3 Å². The first kappa shape index (κ1) is 27.5. The molecule has 0 bridgehead atoms. The molecular weight excluding hydrogens is 528 g/mol. The largest absolute Gasteiger partial charge is 0.401 e. The fourth-order valence-electron chi connectivity index (χ4n) is 4.43. The number of hydrogen-bond acceptors (Lipinski definition) is 6. The summed E-state index contributed by atoms with van der Waals surface area (Å²) in [6.45, 7) is 7.21. The molecule has 8 nitrogen and oxygen atoms in total. The fraction of sp³-hybridized carbons (Fsp3) is 0.393. The van der Waals surface area contributed by atoms with E-state index in [-0.39, 0.29) is 41.8 Å². The molecule has 1 saturated carbocycles. The number of aromatic nitrogens is 5. The molecule has 3 aromatic heterocycles. The van der Waals surface area contributed by atoms with Crippen molar-refractivity contribution >= 4 is 11.7 Å². The maximum absolute atomic E-state index is 14.8. The summed E-state index contributed by atoms with van der Waals surface area (Å²) < 4.78 is 61.4. The normalized spacial score (nSPS) is 14.8. The predicted molar refractivity (Wildman–Crippen MR) is 138 cm³/mol. The van der Waals surface area contributed by atoms with E-state index in [1.165, 1.54) is 12.1 Å². The number of halogens is 4. The van der Waals surface area contributed by atoms with Crippen LogP contribution in [-0.4, -0.2) is 37.0 Å². The molecule has 1 aromatic carbocycles.